The van der Waals surface area contributed by atoms with Gasteiger partial charge < -0.3 is 4.74 Å². The quantitative estimate of drug-likeness (QED) is 0.459. The number of benzene rings is 2. The predicted octanol–water partition coefficient (Wildman–Crippen LogP) is 7.31. The Kier molecular flexibility index (Phi) is 6.76. The van der Waals surface area contributed by atoms with E-state index in [4.69, 9.17) is 16.3 Å². The van der Waals surface area contributed by atoms with Gasteiger partial charge in [0.15, 0.2) is 5.78 Å². The lowest BCUT2D eigenvalue weighted by Crippen LogP contribution is -2.27. The van der Waals surface area contributed by atoms with Crippen molar-refractivity contribution in [2.75, 3.05) is 0 Å². The van der Waals surface area contributed by atoms with E-state index in [1.165, 1.54) is 0 Å². The molecule has 0 saturated carbocycles. The molecular formula is C27H31ClO3. The van der Waals surface area contributed by atoms with Gasteiger partial charge in [0, 0.05) is 24.3 Å². The van der Waals surface area contributed by atoms with Gasteiger partial charge >= 0.3 is 5.97 Å². The van der Waals surface area contributed by atoms with Crippen LogP contribution in [-0.4, -0.2) is 11.8 Å². The first-order valence-corrected chi connectivity index (χ1v) is 11.2. The summed E-state index contributed by atoms with van der Waals surface area (Å²) < 4.78 is 5.82. The van der Waals surface area contributed by atoms with E-state index in [-0.39, 0.29) is 23.1 Å². The Hall–Kier alpha value is -2.39. The number of Topliss-reactive ketones (excluding diaryl/α,β-unsaturated/α-hetero) is 1. The van der Waals surface area contributed by atoms with Gasteiger partial charge in [0.25, 0.3) is 0 Å². The van der Waals surface area contributed by atoms with Crippen LogP contribution in [0.25, 0.3) is 16.7 Å². The first-order chi connectivity index (χ1) is 14.5. The van der Waals surface area contributed by atoms with E-state index in [2.05, 4.69) is 12.1 Å². The van der Waals surface area contributed by atoms with E-state index < -0.39 is 0 Å². The van der Waals surface area contributed by atoms with E-state index in [1.807, 2.05) is 65.8 Å². The normalized spacial score (nSPS) is 16.1. The summed E-state index contributed by atoms with van der Waals surface area (Å²) in [5.41, 5.74) is 5.32. The van der Waals surface area contributed by atoms with Crippen LogP contribution < -0.4 is 0 Å². The highest BCUT2D eigenvalue weighted by Crippen LogP contribution is 2.43. The zero-order valence-corrected chi connectivity index (χ0v) is 20.0. The minimum absolute atomic E-state index is 0.0361. The first kappa shape index (κ1) is 23.3. The van der Waals surface area contributed by atoms with Crippen molar-refractivity contribution < 1.29 is 14.3 Å². The maximum absolute atomic E-state index is 13.3. The second kappa shape index (κ2) is 9.00. The second-order valence-electron chi connectivity index (χ2n) is 9.80. The third-order valence-corrected chi connectivity index (χ3v) is 5.86. The number of hydrogen-bond donors (Lipinski definition) is 0. The topological polar surface area (TPSA) is 43.4 Å². The van der Waals surface area contributed by atoms with Gasteiger partial charge in [0.05, 0.1) is 5.57 Å². The Morgan fingerprint density at radius 3 is 2.16 bits per heavy atom. The molecule has 0 N–H and O–H groups in total. The summed E-state index contributed by atoms with van der Waals surface area (Å²) in [6, 6.07) is 11.9. The predicted molar refractivity (Wildman–Crippen MR) is 127 cm³/mol. The Balaban J connectivity index is 2.10. The van der Waals surface area contributed by atoms with Crippen molar-refractivity contribution in [3.8, 4) is 11.1 Å². The number of esters is 1. The zero-order valence-electron chi connectivity index (χ0n) is 19.3. The number of carbonyl (C=O) groups excluding carboxylic acids is 2. The first-order valence-electron chi connectivity index (χ1n) is 10.8. The summed E-state index contributed by atoms with van der Waals surface area (Å²) in [6.07, 6.45) is 1.33. The molecule has 4 heteroatoms. The lowest BCUT2D eigenvalue weighted by atomic mass is 9.74. The molecule has 0 aliphatic heterocycles. The van der Waals surface area contributed by atoms with Crippen LogP contribution in [0.15, 0.2) is 42.2 Å². The summed E-state index contributed by atoms with van der Waals surface area (Å²) in [7, 11) is 0. The van der Waals surface area contributed by atoms with Crippen LogP contribution in [0.1, 0.15) is 63.6 Å². The molecule has 2 aromatic carbocycles. The molecule has 3 rings (SSSR count). The smallest absolute Gasteiger partial charge is 0.311 e. The fraction of sp³-hybridized carbons (Fsp3) is 0.407. The molecule has 0 saturated heterocycles. The van der Waals surface area contributed by atoms with Gasteiger partial charge in [-0.25, -0.2) is 0 Å². The highest BCUT2D eigenvalue weighted by atomic mass is 35.5. The van der Waals surface area contributed by atoms with Crippen molar-refractivity contribution in [2.45, 2.75) is 60.8 Å². The van der Waals surface area contributed by atoms with Crippen LogP contribution >= 0.6 is 11.6 Å². The summed E-state index contributed by atoms with van der Waals surface area (Å²) in [5.74, 6) is 0.471. The number of ether oxygens (including phenoxy) is 1. The Bertz CT molecular complexity index is 1020. The van der Waals surface area contributed by atoms with Gasteiger partial charge in [-0.05, 0) is 65.1 Å². The molecule has 2 aromatic rings. The van der Waals surface area contributed by atoms with E-state index in [1.54, 1.807) is 0 Å². The minimum Gasteiger partial charge on any atom is -0.430 e. The highest BCUT2D eigenvalue weighted by molar-refractivity contribution is 6.30. The van der Waals surface area contributed by atoms with Crippen molar-refractivity contribution in [3.05, 3.63) is 63.9 Å². The standard InChI is InChI=1S/C27H31ClO3/c1-16(2)11-24(30)31-23-15-27(5,6)14-22(29)26(23)25-17(3)12-20(13-18(25)4)19-7-9-21(28)10-8-19/h7-10,12-13,16H,11,14-15H2,1-6H3. The number of rotatable bonds is 5. The molecule has 0 amide bonds. The van der Waals surface area contributed by atoms with Gasteiger partial charge in [-0.3, -0.25) is 9.59 Å². The molecule has 0 radical (unpaired) electrons. The molecular weight excluding hydrogens is 408 g/mol. The molecule has 1 aliphatic rings. The molecule has 0 fully saturated rings. The SMILES string of the molecule is Cc1cc(-c2ccc(Cl)cc2)cc(C)c1C1=C(OC(=O)CC(C)C)CC(C)(C)CC1=O. The molecule has 0 heterocycles. The molecule has 1 aliphatic carbocycles. The monoisotopic (exact) mass is 438 g/mol. The lowest BCUT2D eigenvalue weighted by Gasteiger charge is -2.32. The van der Waals surface area contributed by atoms with Gasteiger partial charge in [-0.15, -0.1) is 0 Å². The number of halogens is 1. The third-order valence-electron chi connectivity index (χ3n) is 5.61. The van der Waals surface area contributed by atoms with Crippen LogP contribution in [0.5, 0.6) is 0 Å². The molecule has 0 unspecified atom stereocenters. The van der Waals surface area contributed by atoms with Gasteiger partial charge in [0.2, 0.25) is 0 Å². The van der Waals surface area contributed by atoms with Crippen molar-refractivity contribution in [2.24, 2.45) is 11.3 Å². The lowest BCUT2D eigenvalue weighted by molar-refractivity contribution is -0.141. The fourth-order valence-corrected chi connectivity index (χ4v) is 4.44. The number of ketones is 1. The number of aryl methyl sites for hydroxylation is 2. The summed E-state index contributed by atoms with van der Waals surface area (Å²) in [4.78, 5) is 25.7. The molecule has 3 nitrogen and oxygen atoms in total. The number of carbonyl (C=O) groups is 2. The van der Waals surface area contributed by atoms with Crippen molar-refractivity contribution >= 4 is 28.9 Å². The largest absolute Gasteiger partial charge is 0.430 e. The van der Waals surface area contributed by atoms with Crippen LogP contribution in [0.2, 0.25) is 5.02 Å². The zero-order chi connectivity index (χ0) is 22.9. The summed E-state index contributed by atoms with van der Waals surface area (Å²) in [6.45, 7) is 12.1. The van der Waals surface area contributed by atoms with Crippen molar-refractivity contribution in [1.29, 1.82) is 0 Å². The highest BCUT2D eigenvalue weighted by Gasteiger charge is 2.36. The van der Waals surface area contributed by atoms with Crippen LogP contribution in [0.3, 0.4) is 0 Å². The maximum atomic E-state index is 13.3. The van der Waals surface area contributed by atoms with E-state index in [9.17, 15) is 9.59 Å². The minimum atomic E-state index is -0.277. The molecule has 0 aromatic heterocycles. The summed E-state index contributed by atoms with van der Waals surface area (Å²) >= 11 is 6.03. The average molecular weight is 439 g/mol. The van der Waals surface area contributed by atoms with Crippen LogP contribution in [0, 0.1) is 25.2 Å². The second-order valence-corrected chi connectivity index (χ2v) is 10.2. The van der Waals surface area contributed by atoms with Gasteiger partial charge in [-0.2, -0.15) is 0 Å². The van der Waals surface area contributed by atoms with Crippen LogP contribution in [-0.2, 0) is 14.3 Å². The van der Waals surface area contributed by atoms with Crippen LogP contribution in [0.4, 0.5) is 0 Å². The summed E-state index contributed by atoms with van der Waals surface area (Å²) in [5, 5.41) is 0.697. The Morgan fingerprint density at radius 1 is 1.03 bits per heavy atom. The van der Waals surface area contributed by atoms with Crippen molar-refractivity contribution in [1.82, 2.24) is 0 Å². The van der Waals surface area contributed by atoms with E-state index in [0.29, 0.717) is 35.6 Å². The number of allylic oxidation sites excluding steroid dienone is 2. The van der Waals surface area contributed by atoms with E-state index >= 15 is 0 Å². The van der Waals surface area contributed by atoms with Gasteiger partial charge in [0.1, 0.15) is 5.76 Å². The maximum Gasteiger partial charge on any atom is 0.311 e. The Morgan fingerprint density at radius 2 is 1.61 bits per heavy atom. The van der Waals surface area contributed by atoms with E-state index in [0.717, 1.165) is 27.8 Å². The molecule has 164 valence electrons. The Labute approximate surface area is 190 Å². The third kappa shape index (κ3) is 5.46. The fourth-order valence-electron chi connectivity index (χ4n) is 4.31. The average Bonchev–Trinajstić information content (AvgIpc) is 2.62. The molecule has 0 atom stereocenters. The molecule has 31 heavy (non-hydrogen) atoms. The molecule has 0 spiro atoms. The number of hydrogen-bond acceptors (Lipinski definition) is 3. The molecule has 0 bridgehead atoms. The van der Waals surface area contributed by atoms with Crippen molar-refractivity contribution in [3.63, 3.8) is 0 Å². The van der Waals surface area contributed by atoms with Gasteiger partial charge in [-0.1, -0.05) is 63.6 Å².